The van der Waals surface area contributed by atoms with E-state index in [1.54, 1.807) is 18.2 Å². The van der Waals surface area contributed by atoms with Gasteiger partial charge in [-0.2, -0.15) is 0 Å². The maximum absolute atomic E-state index is 13.4. The van der Waals surface area contributed by atoms with Gasteiger partial charge in [-0.25, -0.2) is 4.79 Å². The second-order valence-electron chi connectivity index (χ2n) is 9.16. The van der Waals surface area contributed by atoms with Gasteiger partial charge < -0.3 is 23.5 Å². The van der Waals surface area contributed by atoms with E-state index in [-0.39, 0.29) is 11.9 Å². The Kier molecular flexibility index (Phi) is 6.27. The molecule has 3 aliphatic rings. The van der Waals surface area contributed by atoms with Crippen LogP contribution in [0.3, 0.4) is 0 Å². The second kappa shape index (κ2) is 9.33. The molecule has 2 aromatic heterocycles. The zero-order valence-corrected chi connectivity index (χ0v) is 19.4. The van der Waals surface area contributed by atoms with Crippen LogP contribution in [-0.2, 0) is 15.1 Å². The van der Waals surface area contributed by atoms with Gasteiger partial charge in [0.2, 0.25) is 0 Å². The Morgan fingerprint density at radius 3 is 2.64 bits per heavy atom. The molecule has 1 N–H and O–H groups in total. The van der Waals surface area contributed by atoms with Crippen LogP contribution >= 0.6 is 11.3 Å². The number of para-hydroxylation sites is 1. The lowest BCUT2D eigenvalue weighted by Gasteiger charge is -2.52. The molecule has 3 aromatic rings. The average Bonchev–Trinajstić information content (AvgIpc) is 3.58. The Morgan fingerprint density at radius 2 is 1.94 bits per heavy atom. The van der Waals surface area contributed by atoms with Crippen LogP contribution in [0, 0.1) is 5.92 Å². The van der Waals surface area contributed by atoms with E-state index in [1.165, 1.54) is 17.6 Å². The highest BCUT2D eigenvalue weighted by Gasteiger charge is 2.51. The van der Waals surface area contributed by atoms with Gasteiger partial charge in [0, 0.05) is 25.2 Å². The number of furan rings is 1. The second-order valence-corrected chi connectivity index (χ2v) is 10.1. The van der Waals surface area contributed by atoms with Gasteiger partial charge in [0.1, 0.15) is 12.3 Å². The first-order valence-corrected chi connectivity index (χ1v) is 12.5. The summed E-state index contributed by atoms with van der Waals surface area (Å²) in [5.41, 5.74) is -1.92. The molecule has 3 saturated heterocycles. The van der Waals surface area contributed by atoms with Crippen LogP contribution in [0.5, 0.6) is 5.75 Å². The number of hydrogen-bond donors (Lipinski definition) is 1. The number of fused-ring (bicyclic) bond motifs is 3. The van der Waals surface area contributed by atoms with Crippen LogP contribution in [0.2, 0.25) is 0 Å². The molecule has 0 spiro atoms. The van der Waals surface area contributed by atoms with Crippen molar-refractivity contribution in [3.05, 3.63) is 76.9 Å². The largest absolute Gasteiger partial charge is 0.493 e. The Hall–Kier alpha value is -2.61. The Morgan fingerprint density at radius 1 is 1.12 bits per heavy atom. The molecule has 0 radical (unpaired) electrons. The zero-order valence-electron chi connectivity index (χ0n) is 18.6. The first-order valence-electron chi connectivity index (χ1n) is 11.6. The molecule has 3 aliphatic heterocycles. The fraction of sp³-hybridized carbons (Fsp3) is 0.423. The van der Waals surface area contributed by atoms with Crippen molar-refractivity contribution in [2.24, 2.45) is 5.92 Å². The third kappa shape index (κ3) is 4.45. The highest BCUT2D eigenvalue weighted by Crippen LogP contribution is 2.39. The molecule has 33 heavy (non-hydrogen) atoms. The van der Waals surface area contributed by atoms with Gasteiger partial charge in [-0.05, 0) is 35.7 Å². The number of aliphatic hydroxyl groups is 1. The summed E-state index contributed by atoms with van der Waals surface area (Å²) < 4.78 is 18.3. The number of benzene rings is 1. The average molecular weight is 469 g/mol. The molecule has 0 aliphatic carbocycles. The van der Waals surface area contributed by atoms with E-state index in [9.17, 15) is 9.90 Å². The topological polar surface area (TPSA) is 68.9 Å². The van der Waals surface area contributed by atoms with Crippen molar-refractivity contribution in [3.63, 3.8) is 0 Å². The van der Waals surface area contributed by atoms with Crippen LogP contribution in [0.15, 0.2) is 70.7 Å². The maximum atomic E-state index is 13.4. The van der Waals surface area contributed by atoms with Gasteiger partial charge in [0.05, 0.1) is 37.4 Å². The number of ether oxygens (including phenoxy) is 2. The van der Waals surface area contributed by atoms with Crippen molar-refractivity contribution in [1.29, 1.82) is 0 Å². The Bertz CT molecular complexity index is 992. The first-order chi connectivity index (χ1) is 16.1. The van der Waals surface area contributed by atoms with Crippen LogP contribution in [0.25, 0.3) is 0 Å². The minimum absolute atomic E-state index is 0.193. The highest BCUT2D eigenvalue weighted by molar-refractivity contribution is 7.10. The molecule has 1 aromatic carbocycles. The number of quaternary nitrogens is 1. The van der Waals surface area contributed by atoms with Crippen molar-refractivity contribution in [1.82, 2.24) is 0 Å². The number of rotatable bonds is 9. The fourth-order valence-electron chi connectivity index (χ4n) is 5.29. The summed E-state index contributed by atoms with van der Waals surface area (Å²) in [6, 6.07) is 16.7. The maximum Gasteiger partial charge on any atom is 0.352 e. The van der Waals surface area contributed by atoms with E-state index < -0.39 is 11.6 Å². The van der Waals surface area contributed by atoms with E-state index in [2.05, 4.69) is 0 Å². The molecule has 0 saturated carbocycles. The quantitative estimate of drug-likeness (QED) is 0.290. The van der Waals surface area contributed by atoms with Crippen LogP contribution in [0.4, 0.5) is 0 Å². The van der Waals surface area contributed by atoms with Gasteiger partial charge in [-0.1, -0.05) is 24.3 Å². The first kappa shape index (κ1) is 22.2. The van der Waals surface area contributed by atoms with E-state index in [4.69, 9.17) is 13.9 Å². The molecule has 3 fully saturated rings. The van der Waals surface area contributed by atoms with E-state index in [1.807, 2.05) is 41.8 Å². The number of carbonyl (C=O) groups excluding carboxylic acids is 1. The number of carbonyl (C=O) groups is 1. The third-order valence-corrected chi connectivity index (χ3v) is 8.12. The molecular weight excluding hydrogens is 438 g/mol. The monoisotopic (exact) mass is 468 g/mol. The lowest BCUT2D eigenvalue weighted by Crippen LogP contribution is -2.65. The van der Waals surface area contributed by atoms with Gasteiger partial charge in [-0.3, -0.25) is 0 Å². The molecular formula is C26H30NO5S+. The summed E-state index contributed by atoms with van der Waals surface area (Å²) in [6.45, 7) is 4.69. The SMILES string of the molecule is O=C(OC1C[N+]2(CCCOc3ccccc3)CCC1CC2)[C@](O)(c1ccco1)c1cccs1. The molecule has 0 amide bonds. The minimum Gasteiger partial charge on any atom is -0.493 e. The van der Waals surface area contributed by atoms with Gasteiger partial charge in [-0.15, -0.1) is 11.3 Å². The molecule has 5 heterocycles. The molecule has 174 valence electrons. The normalized spacial score (nSPS) is 26.0. The van der Waals surface area contributed by atoms with E-state index >= 15 is 0 Å². The predicted octanol–water partition coefficient (Wildman–Crippen LogP) is 4.20. The molecule has 7 heteroatoms. The van der Waals surface area contributed by atoms with Gasteiger partial charge in [0.15, 0.2) is 11.9 Å². The summed E-state index contributed by atoms with van der Waals surface area (Å²) in [5, 5.41) is 13.3. The Labute approximate surface area is 198 Å². The van der Waals surface area contributed by atoms with Gasteiger partial charge >= 0.3 is 5.97 Å². The zero-order chi connectivity index (χ0) is 22.7. The van der Waals surface area contributed by atoms with E-state index in [0.29, 0.717) is 17.4 Å². The lowest BCUT2D eigenvalue weighted by atomic mass is 9.83. The summed E-state index contributed by atoms with van der Waals surface area (Å²) in [4.78, 5) is 13.9. The van der Waals surface area contributed by atoms with Crippen LogP contribution < -0.4 is 4.74 Å². The van der Waals surface area contributed by atoms with Crippen LogP contribution in [0.1, 0.15) is 29.9 Å². The molecule has 6 rings (SSSR count). The van der Waals surface area contributed by atoms with Crippen molar-refractivity contribution in [2.45, 2.75) is 31.0 Å². The number of nitrogens with zero attached hydrogens (tertiary/aromatic N) is 1. The smallest absolute Gasteiger partial charge is 0.352 e. The minimum atomic E-state index is -1.92. The fourth-order valence-corrected chi connectivity index (χ4v) is 6.11. The molecule has 2 bridgehead atoms. The lowest BCUT2D eigenvalue weighted by molar-refractivity contribution is -0.946. The number of hydrogen-bond acceptors (Lipinski definition) is 6. The number of thiophene rings is 1. The summed E-state index contributed by atoms with van der Waals surface area (Å²) >= 11 is 1.32. The highest BCUT2D eigenvalue weighted by atomic mass is 32.1. The number of piperidine rings is 3. The number of esters is 1. The summed E-state index contributed by atoms with van der Waals surface area (Å²) in [7, 11) is 0. The summed E-state index contributed by atoms with van der Waals surface area (Å²) in [5.74, 6) is 0.786. The third-order valence-electron chi connectivity index (χ3n) is 7.14. The van der Waals surface area contributed by atoms with Crippen molar-refractivity contribution in [2.75, 3.05) is 32.8 Å². The van der Waals surface area contributed by atoms with E-state index in [0.717, 1.165) is 55.7 Å². The Balaban J connectivity index is 1.24. The molecule has 1 unspecified atom stereocenters. The molecule has 2 atom stereocenters. The van der Waals surface area contributed by atoms with Crippen LogP contribution in [-0.4, -0.2) is 54.4 Å². The standard InChI is InChI=1S/C26H30NO5S/c28-25(26(29,23-9-4-16-31-23)24-10-5-18-33-24)32-22-19-27(14-11-20(22)12-15-27)13-6-17-30-21-7-2-1-3-8-21/h1-5,7-10,16,18,20,22,29H,6,11-15,17,19H2/q+1/t20?,22?,26-,27?/m0/s1. The van der Waals surface area contributed by atoms with Crippen molar-refractivity contribution < 1.29 is 28.3 Å². The van der Waals surface area contributed by atoms with Crippen molar-refractivity contribution >= 4 is 17.3 Å². The van der Waals surface area contributed by atoms with Gasteiger partial charge in [0.25, 0.3) is 5.60 Å². The van der Waals surface area contributed by atoms with Crippen molar-refractivity contribution in [3.8, 4) is 5.75 Å². The summed E-state index contributed by atoms with van der Waals surface area (Å²) in [6.07, 6.45) is 4.29. The molecule has 6 nitrogen and oxygen atoms in total. The predicted molar refractivity (Wildman–Crippen MR) is 125 cm³/mol.